The van der Waals surface area contributed by atoms with Crippen LogP contribution in [0.3, 0.4) is 0 Å². The maximum atomic E-state index is 13.1. The van der Waals surface area contributed by atoms with Crippen LogP contribution in [0.4, 0.5) is 47.8 Å². The van der Waals surface area contributed by atoms with E-state index in [1.807, 2.05) is 25.1 Å². The molecular weight excluding hydrogens is 1450 g/mol. The number of esters is 1. The molecule has 3 aromatic carbocycles. The number of aromatic nitrogens is 8. The fraction of sp³-hybridized carbons (Fsp3) is 0.350. The van der Waals surface area contributed by atoms with Crippen LogP contribution in [0.25, 0.3) is 5.69 Å². The molecule has 7 rings (SSSR count). The number of ether oxygens (including phenoxy) is 6. The largest absolute Gasteiger partial charge is 0.489 e. The first kappa shape index (κ1) is 84.6. The lowest BCUT2D eigenvalue weighted by Crippen LogP contribution is -2.40. The van der Waals surface area contributed by atoms with Crippen molar-refractivity contribution in [3.63, 3.8) is 0 Å². The number of nitrogens with one attached hydrogen (secondary N) is 4. The summed E-state index contributed by atoms with van der Waals surface area (Å²) in [6.45, 7) is 6.31. The van der Waals surface area contributed by atoms with Crippen LogP contribution in [0, 0.1) is 6.92 Å². The molecule has 3 atom stereocenters. The van der Waals surface area contributed by atoms with Crippen molar-refractivity contribution < 1.29 is 110 Å². The Morgan fingerprint density at radius 2 is 1.36 bits per heavy atom. The summed E-state index contributed by atoms with van der Waals surface area (Å²) in [5.74, 6) is -1.54. The highest BCUT2D eigenvalue weighted by atomic mass is 32.2. The van der Waals surface area contributed by atoms with E-state index in [1.54, 1.807) is 16.4 Å². The van der Waals surface area contributed by atoms with Crippen LogP contribution in [0.1, 0.15) is 65.3 Å². The van der Waals surface area contributed by atoms with Crippen LogP contribution in [-0.2, 0) is 71.6 Å². The minimum atomic E-state index is -4.84. The van der Waals surface area contributed by atoms with E-state index in [2.05, 4.69) is 40.5 Å². The van der Waals surface area contributed by atoms with E-state index < -0.39 is 122 Å². The number of carboxylic acids is 1. The van der Waals surface area contributed by atoms with Crippen LogP contribution >= 0.6 is 7.37 Å². The molecule has 0 aliphatic carbocycles. The minimum Gasteiger partial charge on any atom is -0.489 e. The van der Waals surface area contributed by atoms with Gasteiger partial charge in [0.25, 0.3) is 31.5 Å². The quantitative estimate of drug-likeness (QED) is 0.0219. The number of nitrogens with two attached hydrogens (primary N) is 1. The Hall–Kier alpha value is -10.8. The van der Waals surface area contributed by atoms with Crippen molar-refractivity contribution in [2.24, 2.45) is 12.8 Å². The number of aryl methyl sites for hydroxylation is 3. The van der Waals surface area contributed by atoms with E-state index in [1.165, 1.54) is 128 Å². The molecule has 7 aromatic rings. The van der Waals surface area contributed by atoms with Gasteiger partial charge in [-0.15, -0.1) is 0 Å². The van der Waals surface area contributed by atoms with Crippen LogP contribution in [0.15, 0.2) is 117 Å². The third kappa shape index (κ3) is 26.6. The van der Waals surface area contributed by atoms with Crippen molar-refractivity contribution >= 4 is 69.2 Å². The fourth-order valence-corrected chi connectivity index (χ4v) is 11.0. The molecule has 0 spiro atoms. The van der Waals surface area contributed by atoms with Gasteiger partial charge in [-0.1, -0.05) is 37.3 Å². The van der Waals surface area contributed by atoms with Gasteiger partial charge in [0.1, 0.15) is 35.7 Å². The number of carbonyl (C=O) groups excluding carboxylic acids is 4. The van der Waals surface area contributed by atoms with Gasteiger partial charge < -0.3 is 49.1 Å². The highest BCUT2D eigenvalue weighted by Gasteiger charge is 2.36. The van der Waals surface area contributed by atoms with E-state index >= 15 is 0 Å². The first-order valence-electron chi connectivity index (χ1n) is 29.5. The molecule has 4 aromatic heterocycles. The number of carbonyl (C=O) groups is 5. The zero-order chi connectivity index (χ0) is 77.5. The van der Waals surface area contributed by atoms with Gasteiger partial charge in [0, 0.05) is 58.2 Å². The average Bonchev–Trinajstić information content (AvgIpc) is 0.813. The number of alkyl halides is 6. The van der Waals surface area contributed by atoms with Gasteiger partial charge in [0.2, 0.25) is 23.7 Å². The molecule has 34 nitrogen and oxygen atoms in total. The van der Waals surface area contributed by atoms with Gasteiger partial charge in [-0.05, 0) is 92.8 Å². The Kier molecular flexibility index (Phi) is 30.5. The van der Waals surface area contributed by atoms with Crippen molar-refractivity contribution in [1.29, 1.82) is 0 Å². The number of nitrogens with zero attached hydrogens (tertiary/aromatic N) is 9. The highest BCUT2D eigenvalue weighted by molar-refractivity contribution is 7.90. The SMILES string of the molecule is CCc1ccc(COc2ccc(-n3c(=O)cc(C(F)(F)F)n(C)c3=O)cc2)c(OC(C)C(=O)OC)c1.COc1cc(OC)nc(NC(=O)NS(=O)(=O)c2ncccc2C(=O)N(C)C)n1.COc1nc(C)nc(NC(=O)NS(=O)(=O)c2ccccc2CCC(F)(F)F)n1.CP(=O)(O)CCC(N)C(=O)O. The molecule has 0 aliphatic rings. The first-order chi connectivity index (χ1) is 48.0. The maximum absolute atomic E-state index is 13.1. The summed E-state index contributed by atoms with van der Waals surface area (Å²) in [6, 6.07) is 17.3. The molecule has 560 valence electrons. The second-order valence-corrected chi connectivity index (χ2v) is 27.1. The molecule has 0 bridgehead atoms. The third-order valence-electron chi connectivity index (χ3n) is 13.2. The van der Waals surface area contributed by atoms with Crippen LogP contribution < -0.4 is 60.7 Å². The van der Waals surface area contributed by atoms with E-state index in [0.29, 0.717) is 32.3 Å². The van der Waals surface area contributed by atoms with Gasteiger partial charge in [-0.3, -0.25) is 34.1 Å². The number of hydrogen-bond acceptors (Lipinski definition) is 25. The number of rotatable bonds is 24. The normalized spacial score (nSPS) is 12.4. The minimum absolute atomic E-state index is 0.0412. The number of aliphatic carboxylic acids is 1. The Morgan fingerprint density at radius 3 is 1.89 bits per heavy atom. The highest BCUT2D eigenvalue weighted by Crippen LogP contribution is 2.36. The van der Waals surface area contributed by atoms with Crippen molar-refractivity contribution in [3.8, 4) is 35.0 Å². The van der Waals surface area contributed by atoms with Crippen molar-refractivity contribution in [2.45, 2.75) is 87.5 Å². The number of methoxy groups -OCH3 is 4. The number of benzene rings is 3. The van der Waals surface area contributed by atoms with Gasteiger partial charge >= 0.3 is 48.1 Å². The summed E-state index contributed by atoms with van der Waals surface area (Å²) in [5, 5.41) is 12.0. The predicted octanol–water partition coefficient (Wildman–Crippen LogP) is 5.62. The number of sulfonamides is 2. The van der Waals surface area contributed by atoms with Crippen molar-refractivity contribution in [1.82, 2.24) is 53.4 Å². The molecule has 103 heavy (non-hydrogen) atoms. The maximum Gasteiger partial charge on any atom is 0.431 e. The monoisotopic (exact) mass is 1520 g/mol. The van der Waals surface area contributed by atoms with Crippen molar-refractivity contribution in [2.75, 3.05) is 66.0 Å². The molecule has 5 amide bonds. The van der Waals surface area contributed by atoms with Gasteiger partial charge in [-0.2, -0.15) is 59.7 Å². The van der Waals surface area contributed by atoms with E-state index in [0.717, 1.165) is 25.1 Å². The van der Waals surface area contributed by atoms with Crippen molar-refractivity contribution in [3.05, 3.63) is 152 Å². The standard InChI is InChI=1S/C25H25F3N2O6.C15H16F3N5O4S.C15H18N6O6S.C5H12NO4P/c1-5-16-6-7-17(20(12-16)36-15(2)23(32)34-4)14-35-19-10-8-18(9-11-19)30-22(31)13-21(25(26,27)28)29(3)24(30)33;1-9-19-12(22-14(20-9)27-2)21-13(24)23-28(25,26)11-6-4-3-5-10(11)7-8-15(16,17)18;1-21(2)13(22)9-6-5-7-16-12(9)28(24,25)20-15(23)19-14-17-10(26-3)8-11(18-14)27-4;1-11(9,10)3-2-4(6)5(7)8/h6-13,15H,5,14H2,1-4H3;3-6H,7-8H2,1-2H3,(H2,19,20,21,22,23,24);5-8H,1-4H3,(H2,17,18,19,20,23);4H,2-3,6H2,1H3,(H,7,8)(H,9,10). The molecule has 0 aliphatic heterocycles. The Balaban J connectivity index is 0.000000307. The lowest BCUT2D eigenvalue weighted by molar-refractivity contribution is -0.148. The number of hydrogen-bond donors (Lipinski definition) is 7. The lowest BCUT2D eigenvalue weighted by atomic mass is 10.1. The fourth-order valence-electron chi connectivity index (χ4n) is 8.07. The summed E-state index contributed by atoms with van der Waals surface area (Å²) < 4.78 is 173. The van der Waals surface area contributed by atoms with Crippen LogP contribution in [0.2, 0.25) is 0 Å². The molecular formula is C60H71F6N14O20PS2. The summed E-state index contributed by atoms with van der Waals surface area (Å²) in [7, 11) is -2.88. The number of amides is 5. The first-order valence-corrected chi connectivity index (χ1v) is 34.7. The molecule has 3 unspecified atom stereocenters. The zero-order valence-corrected chi connectivity index (χ0v) is 59.0. The van der Waals surface area contributed by atoms with E-state index in [-0.39, 0.29) is 71.5 Å². The Bertz CT molecular complexity index is 4550. The second-order valence-electron chi connectivity index (χ2n) is 21.3. The molecule has 0 radical (unpaired) electrons. The lowest BCUT2D eigenvalue weighted by Gasteiger charge is -2.17. The summed E-state index contributed by atoms with van der Waals surface area (Å²) in [6.07, 6.45) is -9.91. The third-order valence-corrected chi connectivity index (χ3v) is 17.0. The van der Waals surface area contributed by atoms with E-state index in [4.69, 9.17) is 44.2 Å². The predicted molar refractivity (Wildman–Crippen MR) is 353 cm³/mol. The Labute approximate surface area is 583 Å². The summed E-state index contributed by atoms with van der Waals surface area (Å²) in [4.78, 5) is 115. The molecule has 0 saturated heterocycles. The van der Waals surface area contributed by atoms with Crippen LogP contribution in [-0.4, -0.2) is 174 Å². The summed E-state index contributed by atoms with van der Waals surface area (Å²) in [5.41, 5.74) is 3.03. The number of pyridine rings is 1. The average molecular weight is 1520 g/mol. The van der Waals surface area contributed by atoms with E-state index in [9.17, 15) is 81.3 Å². The molecule has 8 N–H and O–H groups in total. The van der Waals surface area contributed by atoms with Gasteiger partial charge in [-0.25, -0.2) is 46.6 Å². The molecule has 0 saturated carbocycles. The topological polar surface area (TPSA) is 465 Å². The van der Waals surface area contributed by atoms with Crippen LogP contribution in [0.5, 0.6) is 29.3 Å². The smallest absolute Gasteiger partial charge is 0.431 e. The molecule has 0 fully saturated rings. The number of urea groups is 2. The molecule has 43 heteroatoms. The number of anilines is 2. The second kappa shape index (κ2) is 37.2. The summed E-state index contributed by atoms with van der Waals surface area (Å²) >= 11 is 0. The molecule has 4 heterocycles. The zero-order valence-electron chi connectivity index (χ0n) is 56.5. The number of halogens is 6. The number of carboxylic acid groups (broad SMARTS) is 1. The van der Waals surface area contributed by atoms with Gasteiger partial charge in [0.15, 0.2) is 18.5 Å². The Morgan fingerprint density at radius 1 is 0.767 bits per heavy atom. The van der Waals surface area contributed by atoms with Gasteiger partial charge in [0.05, 0.1) is 50.7 Å².